The third kappa shape index (κ3) is 8.17. The zero-order chi connectivity index (χ0) is 32.4. The number of fused-ring (bicyclic) bond motifs is 2. The smallest absolute Gasteiger partial charge is 0.348 e. The molecule has 3 heterocycles. The van der Waals surface area contributed by atoms with Crippen molar-refractivity contribution in [3.05, 3.63) is 48.5 Å². The van der Waals surface area contributed by atoms with Gasteiger partial charge >= 0.3 is 11.9 Å². The van der Waals surface area contributed by atoms with Gasteiger partial charge in [-0.3, -0.25) is 9.59 Å². The van der Waals surface area contributed by atoms with E-state index in [1.165, 1.54) is 6.42 Å². The van der Waals surface area contributed by atoms with Gasteiger partial charge in [-0.2, -0.15) is 11.8 Å². The summed E-state index contributed by atoms with van der Waals surface area (Å²) in [7, 11) is 2.01. The van der Waals surface area contributed by atoms with Gasteiger partial charge < -0.3 is 38.8 Å². The minimum absolute atomic E-state index is 0. The number of aromatic nitrogens is 2. The number of ether oxygens (including phenoxy) is 2. The van der Waals surface area contributed by atoms with Crippen molar-refractivity contribution < 1.29 is 52.4 Å². The Morgan fingerprint density at radius 3 is 2.60 bits per heavy atom. The number of aryl methyl sites for hydroxylation is 1. The summed E-state index contributed by atoms with van der Waals surface area (Å²) < 4.78 is 16.0. The second-order valence-electron chi connectivity index (χ2n) is 14.0. The molecular formula is C37H48IN3O5S. The van der Waals surface area contributed by atoms with Crippen LogP contribution in [-0.2, 0) is 32.7 Å². The molecule has 8 nitrogen and oxygen atoms in total. The van der Waals surface area contributed by atoms with Crippen LogP contribution in [0.4, 0.5) is 0 Å². The van der Waals surface area contributed by atoms with Gasteiger partial charge in [-0.1, -0.05) is 45.7 Å². The number of benzene rings is 2. The largest absolute Gasteiger partial charge is 1.00 e. The summed E-state index contributed by atoms with van der Waals surface area (Å²) in [6.45, 7) is 6.82. The maximum atomic E-state index is 13.5. The van der Waals surface area contributed by atoms with Crippen LogP contribution in [-0.4, -0.2) is 45.6 Å². The molecule has 2 unspecified atom stereocenters. The number of unbranched alkanes of at least 4 members (excludes halogenated alkanes) is 1. The van der Waals surface area contributed by atoms with E-state index in [-0.39, 0.29) is 54.5 Å². The monoisotopic (exact) mass is 773 g/mol. The number of halogens is 1. The lowest BCUT2D eigenvalue weighted by atomic mass is 9.75. The van der Waals surface area contributed by atoms with Gasteiger partial charge in [0.05, 0.1) is 12.6 Å². The SMILES string of the molecule is CC(C)[C@@H]1CC[C@@H](C)CC1OC(=O)Cn1c(-c2ccc(OC(=O)CCCCC3SC[C@H]4CC(=O)N[C@@H]34)cc2)[n+](C)c2ccccc21.[I-]. The van der Waals surface area contributed by atoms with Crippen LogP contribution in [0.25, 0.3) is 22.4 Å². The van der Waals surface area contributed by atoms with E-state index in [4.69, 9.17) is 9.47 Å². The first-order valence-electron chi connectivity index (χ1n) is 17.1. The van der Waals surface area contributed by atoms with Gasteiger partial charge in [-0.25, -0.2) is 13.9 Å². The first-order valence-corrected chi connectivity index (χ1v) is 18.1. The Balaban J connectivity index is 0.00000433. The quantitative estimate of drug-likeness (QED) is 0.106. The molecule has 1 N–H and O–H groups in total. The lowest BCUT2D eigenvalue weighted by Crippen LogP contribution is -3.00. The standard InChI is InChI=1S/C37H47N3O5S.HI/c1-23(2)28-18-13-24(3)19-31(28)45-35(43)21-40-30-10-6-5-9-29(30)39(4)37(40)25-14-16-27(17-15-25)44-34(42)12-8-7-11-32-36-26(22-46-32)20-33(41)38-36;/h5-6,9-10,14-17,23-24,26,28,31-32,36H,7-8,11-13,18-22H2,1-4H3;1H/t24-,26-,28+,31?,32?,36-;/m1./s1. The maximum Gasteiger partial charge on any atom is 0.348 e. The van der Waals surface area contributed by atoms with Crippen LogP contribution >= 0.6 is 11.8 Å². The third-order valence-corrected chi connectivity index (χ3v) is 11.9. The van der Waals surface area contributed by atoms with Gasteiger partial charge in [0, 0.05) is 24.1 Å². The van der Waals surface area contributed by atoms with E-state index in [1.54, 1.807) is 0 Å². The Morgan fingerprint density at radius 2 is 1.83 bits per heavy atom. The summed E-state index contributed by atoms with van der Waals surface area (Å²) in [5.74, 6) is 4.06. The van der Waals surface area contributed by atoms with Crippen LogP contribution in [0.15, 0.2) is 48.5 Å². The fraction of sp³-hybridized carbons (Fsp3) is 0.568. The summed E-state index contributed by atoms with van der Waals surface area (Å²) >= 11 is 1.95. The molecule has 6 atom stereocenters. The molecule has 3 aromatic rings. The number of thioether (sulfide) groups is 1. The van der Waals surface area contributed by atoms with Crippen molar-refractivity contribution in [3.8, 4) is 17.1 Å². The van der Waals surface area contributed by atoms with E-state index in [0.717, 1.165) is 60.3 Å². The third-order valence-electron chi connectivity index (χ3n) is 10.3. The summed E-state index contributed by atoms with van der Waals surface area (Å²) in [6.07, 6.45) is 6.89. The zero-order valence-corrected chi connectivity index (χ0v) is 30.9. The van der Waals surface area contributed by atoms with Crippen molar-refractivity contribution in [1.29, 1.82) is 0 Å². The first kappa shape index (κ1) is 35.7. The molecule has 47 heavy (non-hydrogen) atoms. The van der Waals surface area contributed by atoms with Gasteiger partial charge in [-0.15, -0.1) is 0 Å². The van der Waals surface area contributed by atoms with E-state index >= 15 is 0 Å². The van der Waals surface area contributed by atoms with E-state index < -0.39 is 0 Å². The molecule has 1 aliphatic carbocycles. The minimum atomic E-state index is -0.238. The number of rotatable bonds is 11. The summed E-state index contributed by atoms with van der Waals surface area (Å²) in [4.78, 5) is 37.8. The van der Waals surface area contributed by atoms with Crippen molar-refractivity contribution in [3.63, 3.8) is 0 Å². The number of hydrogen-bond donors (Lipinski definition) is 1. The van der Waals surface area contributed by atoms with Crippen molar-refractivity contribution in [2.24, 2.45) is 30.7 Å². The molecular weight excluding hydrogens is 725 g/mol. The molecule has 1 aromatic heterocycles. The zero-order valence-electron chi connectivity index (χ0n) is 28.0. The normalized spacial score (nSPS) is 25.3. The molecule has 2 saturated heterocycles. The molecule has 3 aliphatic rings. The topological polar surface area (TPSA) is 90.5 Å². The van der Waals surface area contributed by atoms with Crippen LogP contribution in [0.5, 0.6) is 5.75 Å². The second kappa shape index (κ2) is 15.7. The minimum Gasteiger partial charge on any atom is -1.00 e. The van der Waals surface area contributed by atoms with Gasteiger partial charge in [0.15, 0.2) is 17.6 Å². The molecule has 0 spiro atoms. The van der Waals surface area contributed by atoms with E-state index in [1.807, 2.05) is 65.8 Å². The average molecular weight is 774 g/mol. The number of imidazole rings is 1. The highest BCUT2D eigenvalue weighted by molar-refractivity contribution is 8.00. The number of para-hydroxylation sites is 2. The lowest BCUT2D eigenvalue weighted by molar-refractivity contribution is -0.634. The molecule has 1 amide bonds. The number of hydrogen-bond acceptors (Lipinski definition) is 6. The average Bonchev–Trinajstić information content (AvgIpc) is 3.66. The highest BCUT2D eigenvalue weighted by Gasteiger charge is 2.42. The number of carbonyl (C=O) groups excluding carboxylic acids is 3. The van der Waals surface area contributed by atoms with Gasteiger partial charge in [0.25, 0.3) is 5.82 Å². The Kier molecular flexibility index (Phi) is 12.0. The van der Waals surface area contributed by atoms with Gasteiger partial charge in [0.1, 0.15) is 11.9 Å². The molecule has 0 bridgehead atoms. The number of nitrogens with zero attached hydrogens (tertiary/aromatic N) is 2. The van der Waals surface area contributed by atoms with Gasteiger partial charge in [0.2, 0.25) is 5.91 Å². The number of carbonyl (C=O) groups is 3. The van der Waals surface area contributed by atoms with Crippen LogP contribution in [0.1, 0.15) is 72.1 Å². The van der Waals surface area contributed by atoms with Crippen molar-refractivity contribution >= 4 is 40.6 Å². The molecule has 3 fully saturated rings. The van der Waals surface area contributed by atoms with E-state index in [0.29, 0.717) is 53.6 Å². The number of amides is 1. The Labute approximate surface area is 299 Å². The highest BCUT2D eigenvalue weighted by atomic mass is 127. The Morgan fingerprint density at radius 1 is 1.06 bits per heavy atom. The number of esters is 2. The van der Waals surface area contributed by atoms with E-state index in [9.17, 15) is 14.4 Å². The maximum absolute atomic E-state index is 13.5. The Bertz CT molecular complexity index is 1570. The summed E-state index contributed by atoms with van der Waals surface area (Å²) in [5.41, 5.74) is 2.91. The van der Waals surface area contributed by atoms with Crippen LogP contribution in [0, 0.1) is 23.7 Å². The van der Waals surface area contributed by atoms with Crippen LogP contribution < -0.4 is 38.6 Å². The molecule has 1 saturated carbocycles. The molecule has 0 radical (unpaired) electrons. The second-order valence-corrected chi connectivity index (χ2v) is 15.3. The van der Waals surface area contributed by atoms with Crippen molar-refractivity contribution in [1.82, 2.24) is 9.88 Å². The predicted octanol–water partition coefficient (Wildman–Crippen LogP) is 3.23. The summed E-state index contributed by atoms with van der Waals surface area (Å²) in [6, 6.07) is 15.9. The van der Waals surface area contributed by atoms with Gasteiger partial charge in [-0.05, 0) is 91.5 Å². The number of nitrogens with one attached hydrogen (secondary N) is 1. The van der Waals surface area contributed by atoms with Crippen LogP contribution in [0.2, 0.25) is 0 Å². The summed E-state index contributed by atoms with van der Waals surface area (Å²) in [5, 5.41) is 3.58. The first-order chi connectivity index (χ1) is 22.2. The fourth-order valence-corrected chi connectivity index (χ4v) is 9.50. The van der Waals surface area contributed by atoms with Crippen molar-refractivity contribution in [2.75, 3.05) is 5.75 Å². The molecule has 2 aromatic carbocycles. The molecule has 254 valence electrons. The fourth-order valence-electron chi connectivity index (χ4n) is 7.85. The molecule has 10 heteroatoms. The lowest BCUT2D eigenvalue weighted by Gasteiger charge is -2.36. The van der Waals surface area contributed by atoms with E-state index in [2.05, 4.69) is 36.7 Å². The van der Waals surface area contributed by atoms with Crippen molar-refractivity contribution in [2.45, 2.75) is 96.1 Å². The Hall–Kier alpha value is -2.60. The highest BCUT2D eigenvalue weighted by Crippen LogP contribution is 2.39. The molecule has 2 aliphatic heterocycles. The molecule has 6 rings (SSSR count). The van der Waals surface area contributed by atoms with Crippen LogP contribution in [0.3, 0.4) is 0 Å². The predicted molar refractivity (Wildman–Crippen MR) is 180 cm³/mol.